The maximum Gasteiger partial charge on any atom is 0.387 e. The summed E-state index contributed by atoms with van der Waals surface area (Å²) in [7, 11) is -0.238. The summed E-state index contributed by atoms with van der Waals surface area (Å²) < 4.78 is 60.9. The average Bonchev–Trinajstić information content (AvgIpc) is 2.88. The molecule has 0 aromatic heterocycles. The van der Waals surface area contributed by atoms with Crippen LogP contribution in [-0.4, -0.2) is 76.8 Å². The van der Waals surface area contributed by atoms with Crippen molar-refractivity contribution in [3.8, 4) is 11.5 Å². The lowest BCUT2D eigenvalue weighted by Gasteiger charge is -2.37. The van der Waals surface area contributed by atoms with Crippen LogP contribution in [0.4, 0.5) is 8.78 Å². The second-order valence-electron chi connectivity index (χ2n) is 10.2. The zero-order valence-corrected chi connectivity index (χ0v) is 25.3. The molecule has 222 valence electrons. The molecule has 3 rings (SSSR count). The van der Waals surface area contributed by atoms with Crippen molar-refractivity contribution in [3.63, 3.8) is 0 Å². The van der Waals surface area contributed by atoms with Gasteiger partial charge in [0.1, 0.15) is 0 Å². The Hall–Kier alpha value is -2.18. The Morgan fingerprint density at radius 1 is 1.15 bits per heavy atom. The standard InChI is InChI=1S/C27H35Cl2F2N3O5S/c1-27(19-6-7-21(28)22(29)16-19,11-14-34-12-9-20(10-13-34)32-40(4,36)37)25(35)33(2)17-18-5-8-23(39-26(30)31)24(15-18)38-3/h5-8,15-16,20,26,32H,9-14,17H2,1-4H3. The molecule has 8 nitrogen and oxygen atoms in total. The van der Waals surface area contributed by atoms with Crippen molar-refractivity contribution in [1.29, 1.82) is 0 Å². The van der Waals surface area contributed by atoms with E-state index in [-0.39, 0.29) is 30.0 Å². The molecule has 2 aromatic rings. The number of hydrogen-bond acceptors (Lipinski definition) is 6. The third-order valence-electron chi connectivity index (χ3n) is 7.14. The quantitative estimate of drug-likeness (QED) is 0.362. The molecule has 0 bridgehead atoms. The Bertz CT molecular complexity index is 1290. The first-order valence-electron chi connectivity index (χ1n) is 12.7. The molecule has 13 heteroatoms. The SMILES string of the molecule is COc1cc(CN(C)C(=O)C(C)(CCN2CCC(NS(C)(=O)=O)CC2)c2ccc(Cl)c(Cl)c2)ccc1OC(F)F. The number of alkyl halides is 2. The lowest BCUT2D eigenvalue weighted by molar-refractivity contribution is -0.136. The van der Waals surface area contributed by atoms with E-state index in [0.717, 1.165) is 6.26 Å². The fourth-order valence-corrected chi connectivity index (χ4v) is 6.08. The molecule has 0 saturated carbocycles. The van der Waals surface area contributed by atoms with Crippen molar-refractivity contribution >= 4 is 39.1 Å². The number of benzene rings is 2. The van der Waals surface area contributed by atoms with Gasteiger partial charge >= 0.3 is 6.61 Å². The minimum Gasteiger partial charge on any atom is -0.493 e. The molecule has 1 saturated heterocycles. The number of piperidine rings is 1. The molecule has 1 amide bonds. The van der Waals surface area contributed by atoms with Crippen LogP contribution in [-0.2, 0) is 26.8 Å². The van der Waals surface area contributed by atoms with Gasteiger partial charge in [-0.3, -0.25) is 4.79 Å². The molecule has 40 heavy (non-hydrogen) atoms. The van der Waals surface area contributed by atoms with Gasteiger partial charge in [-0.1, -0.05) is 35.3 Å². The number of carbonyl (C=O) groups is 1. The van der Waals surface area contributed by atoms with Crippen LogP contribution < -0.4 is 14.2 Å². The van der Waals surface area contributed by atoms with Crippen molar-refractivity contribution in [2.45, 2.75) is 50.8 Å². The van der Waals surface area contributed by atoms with Crippen molar-refractivity contribution < 1.29 is 31.5 Å². The summed E-state index contributed by atoms with van der Waals surface area (Å²) in [6.07, 6.45) is 2.99. The summed E-state index contributed by atoms with van der Waals surface area (Å²) in [4.78, 5) is 17.8. The number of carbonyl (C=O) groups excluding carboxylic acids is 1. The zero-order valence-electron chi connectivity index (χ0n) is 22.9. The summed E-state index contributed by atoms with van der Waals surface area (Å²) in [5, 5.41) is 0.722. The highest BCUT2D eigenvalue weighted by atomic mass is 35.5. The molecule has 1 aliphatic heterocycles. The lowest BCUT2D eigenvalue weighted by atomic mass is 9.77. The smallest absolute Gasteiger partial charge is 0.387 e. The Labute approximate surface area is 244 Å². The molecule has 1 atom stereocenters. The van der Waals surface area contributed by atoms with Gasteiger partial charge in [0.05, 0.1) is 28.8 Å². The number of nitrogens with zero attached hydrogens (tertiary/aromatic N) is 2. The number of ether oxygens (including phenoxy) is 2. The van der Waals surface area contributed by atoms with Crippen LogP contribution in [0.25, 0.3) is 0 Å². The summed E-state index contributed by atoms with van der Waals surface area (Å²) in [5.74, 6) is -0.113. The number of nitrogens with one attached hydrogen (secondary N) is 1. The van der Waals surface area contributed by atoms with Gasteiger partial charge in [-0.2, -0.15) is 8.78 Å². The third-order valence-corrected chi connectivity index (χ3v) is 8.64. The first kappa shape index (κ1) is 32.3. The van der Waals surface area contributed by atoms with Crippen LogP contribution in [0.1, 0.15) is 37.3 Å². The molecule has 2 aromatic carbocycles. The number of amides is 1. The summed E-state index contributed by atoms with van der Waals surface area (Å²) in [6.45, 7) is 1.07. The molecular weight excluding hydrogens is 587 g/mol. The number of methoxy groups -OCH3 is 1. The van der Waals surface area contributed by atoms with Crippen LogP contribution in [0.5, 0.6) is 11.5 Å². The number of sulfonamides is 1. The molecule has 1 unspecified atom stereocenters. The Kier molecular flexibility index (Phi) is 11.0. The summed E-state index contributed by atoms with van der Waals surface area (Å²) >= 11 is 12.5. The van der Waals surface area contributed by atoms with Gasteiger partial charge in [0.2, 0.25) is 15.9 Å². The minimum atomic E-state index is -3.27. The second-order valence-corrected chi connectivity index (χ2v) is 12.8. The van der Waals surface area contributed by atoms with Gasteiger partial charge in [-0.05, 0) is 81.2 Å². The highest BCUT2D eigenvalue weighted by molar-refractivity contribution is 7.88. The molecule has 1 aliphatic rings. The van der Waals surface area contributed by atoms with E-state index in [4.69, 9.17) is 27.9 Å². The molecule has 0 spiro atoms. The first-order valence-corrected chi connectivity index (χ1v) is 15.4. The highest BCUT2D eigenvalue weighted by Gasteiger charge is 2.38. The van der Waals surface area contributed by atoms with Crippen LogP contribution in [0.15, 0.2) is 36.4 Å². The van der Waals surface area contributed by atoms with E-state index >= 15 is 0 Å². The average molecular weight is 623 g/mol. The molecule has 1 fully saturated rings. The van der Waals surface area contributed by atoms with Crippen LogP contribution >= 0.6 is 23.2 Å². The highest BCUT2D eigenvalue weighted by Crippen LogP contribution is 2.36. The number of likely N-dealkylation sites (tertiary alicyclic amines) is 1. The molecular formula is C27H35Cl2F2N3O5S. The Morgan fingerprint density at radius 3 is 2.40 bits per heavy atom. The number of hydrogen-bond donors (Lipinski definition) is 1. The van der Waals surface area contributed by atoms with E-state index in [1.54, 1.807) is 42.3 Å². The zero-order chi connectivity index (χ0) is 29.7. The maximum absolute atomic E-state index is 14.0. The summed E-state index contributed by atoms with van der Waals surface area (Å²) in [6, 6.07) is 9.62. The number of halogens is 4. The van der Waals surface area contributed by atoms with Crippen molar-refractivity contribution in [2.75, 3.05) is 40.0 Å². The van der Waals surface area contributed by atoms with Gasteiger partial charge in [0.25, 0.3) is 0 Å². The van der Waals surface area contributed by atoms with E-state index in [0.29, 0.717) is 60.1 Å². The largest absolute Gasteiger partial charge is 0.493 e. The monoisotopic (exact) mass is 621 g/mol. The van der Waals surface area contributed by atoms with Crippen molar-refractivity contribution in [3.05, 3.63) is 57.6 Å². The maximum atomic E-state index is 14.0. The predicted molar refractivity (Wildman–Crippen MR) is 152 cm³/mol. The van der Waals surface area contributed by atoms with Gasteiger partial charge in [0, 0.05) is 19.6 Å². The number of likely N-dealkylation sites (N-methyl/N-ethyl adjacent to an activating group) is 1. The van der Waals surface area contributed by atoms with Crippen LogP contribution in [0, 0.1) is 0 Å². The normalized spacial score (nSPS) is 16.5. The third kappa shape index (κ3) is 8.66. The lowest BCUT2D eigenvalue weighted by Crippen LogP contribution is -2.48. The van der Waals surface area contributed by atoms with E-state index in [1.165, 1.54) is 13.2 Å². The fourth-order valence-electron chi connectivity index (χ4n) is 4.94. The van der Waals surface area contributed by atoms with Crippen molar-refractivity contribution in [2.24, 2.45) is 0 Å². The minimum absolute atomic E-state index is 0.0913. The topological polar surface area (TPSA) is 88.2 Å². The fraction of sp³-hybridized carbons (Fsp3) is 0.519. The van der Waals surface area contributed by atoms with Crippen LogP contribution in [0.3, 0.4) is 0 Å². The van der Waals surface area contributed by atoms with Gasteiger partial charge in [-0.15, -0.1) is 0 Å². The second kappa shape index (κ2) is 13.7. The summed E-state index contributed by atoms with van der Waals surface area (Å²) in [5.41, 5.74) is 0.421. The predicted octanol–water partition coefficient (Wildman–Crippen LogP) is 4.92. The van der Waals surface area contributed by atoms with E-state index < -0.39 is 22.0 Å². The van der Waals surface area contributed by atoms with Crippen LogP contribution in [0.2, 0.25) is 10.0 Å². The number of rotatable bonds is 12. The van der Waals surface area contributed by atoms with E-state index in [1.807, 2.05) is 6.92 Å². The first-order chi connectivity index (χ1) is 18.7. The van der Waals surface area contributed by atoms with E-state index in [9.17, 15) is 22.0 Å². The molecule has 1 heterocycles. The van der Waals surface area contributed by atoms with E-state index in [2.05, 4.69) is 14.4 Å². The van der Waals surface area contributed by atoms with Gasteiger partial charge in [0.15, 0.2) is 11.5 Å². The van der Waals surface area contributed by atoms with Crippen molar-refractivity contribution in [1.82, 2.24) is 14.5 Å². The molecule has 1 N–H and O–H groups in total. The molecule has 0 aliphatic carbocycles. The molecule has 0 radical (unpaired) electrons. The van der Waals surface area contributed by atoms with Gasteiger partial charge in [-0.25, -0.2) is 13.1 Å². The van der Waals surface area contributed by atoms with Gasteiger partial charge < -0.3 is 19.3 Å². The Morgan fingerprint density at radius 2 is 1.82 bits per heavy atom. The Balaban J connectivity index is 1.78.